The van der Waals surface area contributed by atoms with Gasteiger partial charge in [0.15, 0.2) is 6.10 Å². The molecular formula is C23H21N3O6S. The number of nitrogens with one attached hydrogen (secondary N) is 1. The fraction of sp³-hybridized carbons (Fsp3) is 0.130. The molecule has 0 saturated heterocycles. The number of rotatable bonds is 7. The van der Waals surface area contributed by atoms with Gasteiger partial charge in [0.05, 0.1) is 29.9 Å². The van der Waals surface area contributed by atoms with Gasteiger partial charge in [0.2, 0.25) is 10.0 Å². The topological polar surface area (TPSA) is 132 Å². The molecule has 0 bridgehead atoms. The van der Waals surface area contributed by atoms with E-state index in [0.29, 0.717) is 22.8 Å². The molecule has 33 heavy (non-hydrogen) atoms. The lowest BCUT2D eigenvalue weighted by atomic mass is 10.1. The van der Waals surface area contributed by atoms with Gasteiger partial charge in [-0.1, -0.05) is 24.3 Å². The summed E-state index contributed by atoms with van der Waals surface area (Å²) >= 11 is 0. The Morgan fingerprint density at radius 1 is 1.09 bits per heavy atom. The average molecular weight is 468 g/mol. The number of anilines is 1. The van der Waals surface area contributed by atoms with Crippen LogP contribution in [0.1, 0.15) is 11.3 Å². The van der Waals surface area contributed by atoms with Gasteiger partial charge in [0.25, 0.3) is 11.8 Å². The number of furan rings is 1. The summed E-state index contributed by atoms with van der Waals surface area (Å²) in [6.07, 6.45) is 3.43. The molecule has 0 radical (unpaired) electrons. The summed E-state index contributed by atoms with van der Waals surface area (Å²) in [5.41, 5.74) is 6.53. The van der Waals surface area contributed by atoms with Crippen LogP contribution in [0, 0.1) is 0 Å². The van der Waals surface area contributed by atoms with Crippen molar-refractivity contribution >= 4 is 33.6 Å². The minimum absolute atomic E-state index is 0.00591. The van der Waals surface area contributed by atoms with E-state index in [4.69, 9.17) is 14.9 Å². The largest absolute Gasteiger partial charge is 0.477 e. The van der Waals surface area contributed by atoms with Gasteiger partial charge in [-0.3, -0.25) is 9.59 Å². The molecule has 9 nitrogen and oxygen atoms in total. The number of carbonyl (C=O) groups excluding carboxylic acids is 2. The van der Waals surface area contributed by atoms with Crippen molar-refractivity contribution in [3.05, 3.63) is 84.3 Å². The number of fused-ring (bicyclic) bond motifs is 1. The average Bonchev–Trinajstić information content (AvgIpc) is 3.34. The van der Waals surface area contributed by atoms with E-state index in [1.54, 1.807) is 54.6 Å². The van der Waals surface area contributed by atoms with Gasteiger partial charge in [0, 0.05) is 6.08 Å². The second-order valence-electron chi connectivity index (χ2n) is 7.23. The van der Waals surface area contributed by atoms with E-state index < -0.39 is 22.0 Å². The number of hydrogen-bond donors (Lipinski definition) is 2. The lowest BCUT2D eigenvalue weighted by Gasteiger charge is -2.32. The first kappa shape index (κ1) is 22.3. The number of sulfonamides is 1. The van der Waals surface area contributed by atoms with Gasteiger partial charge in [0.1, 0.15) is 11.5 Å². The van der Waals surface area contributed by atoms with E-state index >= 15 is 0 Å². The fourth-order valence-corrected chi connectivity index (χ4v) is 4.26. The Morgan fingerprint density at radius 3 is 2.55 bits per heavy atom. The minimum Gasteiger partial charge on any atom is -0.477 e. The first-order valence-electron chi connectivity index (χ1n) is 10.0. The van der Waals surface area contributed by atoms with Gasteiger partial charge >= 0.3 is 0 Å². The molecule has 0 fully saturated rings. The number of amides is 2. The van der Waals surface area contributed by atoms with Gasteiger partial charge < -0.3 is 19.8 Å². The first-order chi connectivity index (χ1) is 15.8. The highest BCUT2D eigenvalue weighted by molar-refractivity contribution is 7.89. The highest BCUT2D eigenvalue weighted by Gasteiger charge is 2.31. The van der Waals surface area contributed by atoms with E-state index in [1.807, 2.05) is 0 Å². The zero-order valence-electron chi connectivity index (χ0n) is 17.4. The molecule has 170 valence electrons. The molecule has 1 unspecified atom stereocenters. The molecular weight excluding hydrogens is 446 g/mol. The Balaban J connectivity index is 1.45. The normalized spacial score (nSPS) is 15.8. The monoisotopic (exact) mass is 467 g/mol. The zero-order chi connectivity index (χ0) is 23.4. The number of para-hydroxylation sites is 2. The molecule has 4 rings (SSSR count). The van der Waals surface area contributed by atoms with Crippen LogP contribution in [0.4, 0.5) is 5.69 Å². The quantitative estimate of drug-likeness (QED) is 0.511. The van der Waals surface area contributed by atoms with Crippen molar-refractivity contribution in [2.24, 2.45) is 5.73 Å². The Kier molecular flexibility index (Phi) is 6.29. The lowest BCUT2D eigenvalue weighted by Crippen LogP contribution is -2.49. The van der Waals surface area contributed by atoms with Crippen molar-refractivity contribution < 1.29 is 27.2 Å². The van der Waals surface area contributed by atoms with Crippen LogP contribution in [0.25, 0.3) is 6.08 Å². The maximum Gasteiger partial charge on any atom is 0.260 e. The Bertz CT molecular complexity index is 1280. The summed E-state index contributed by atoms with van der Waals surface area (Å²) in [7, 11) is -3.72. The Labute approximate surface area is 190 Å². The molecule has 10 heteroatoms. The summed E-state index contributed by atoms with van der Waals surface area (Å²) in [6.45, 7) is 0.0346. The van der Waals surface area contributed by atoms with Crippen LogP contribution < -0.4 is 20.1 Å². The zero-order valence-corrected chi connectivity index (χ0v) is 18.2. The predicted molar refractivity (Wildman–Crippen MR) is 121 cm³/mol. The molecule has 1 aliphatic rings. The SMILES string of the molecule is NC(=O)C1CN(C(=O)/C=C/c2ccc(S(=O)(=O)NCc3ccco3)cc2)c2ccccc2O1. The smallest absolute Gasteiger partial charge is 0.260 e. The molecule has 3 N–H and O–H groups in total. The van der Waals surface area contributed by atoms with Gasteiger partial charge in [-0.2, -0.15) is 0 Å². The third-order valence-corrected chi connectivity index (χ3v) is 6.40. The van der Waals surface area contributed by atoms with E-state index in [0.717, 1.165) is 0 Å². The maximum absolute atomic E-state index is 12.8. The molecule has 0 saturated carbocycles. The summed E-state index contributed by atoms with van der Waals surface area (Å²) in [5.74, 6) is -0.136. The van der Waals surface area contributed by atoms with Crippen molar-refractivity contribution in [2.75, 3.05) is 11.4 Å². The second kappa shape index (κ2) is 9.31. The van der Waals surface area contributed by atoms with Gasteiger partial charge in [-0.25, -0.2) is 13.1 Å². The standard InChI is InChI=1S/C23H21N3O6S/c24-23(28)21-15-26(19-5-1-2-6-20(19)32-21)22(27)12-9-16-7-10-18(11-8-16)33(29,30)25-14-17-4-3-13-31-17/h1-13,21,25H,14-15H2,(H2,24,28)/b12-9+. The van der Waals surface area contributed by atoms with Crippen molar-refractivity contribution in [3.63, 3.8) is 0 Å². The highest BCUT2D eigenvalue weighted by atomic mass is 32.2. The Morgan fingerprint density at radius 2 is 1.85 bits per heavy atom. The molecule has 1 aliphatic heterocycles. The summed E-state index contributed by atoms with van der Waals surface area (Å²) in [5, 5.41) is 0. The van der Waals surface area contributed by atoms with Crippen LogP contribution in [0.5, 0.6) is 5.75 Å². The first-order valence-corrected chi connectivity index (χ1v) is 11.5. The van der Waals surface area contributed by atoms with E-state index in [2.05, 4.69) is 4.72 Å². The van der Waals surface area contributed by atoms with Crippen molar-refractivity contribution in [1.82, 2.24) is 4.72 Å². The molecule has 2 heterocycles. The molecule has 2 aromatic carbocycles. The fourth-order valence-electron chi connectivity index (χ4n) is 3.27. The van der Waals surface area contributed by atoms with Crippen LogP contribution in [0.3, 0.4) is 0 Å². The van der Waals surface area contributed by atoms with Crippen molar-refractivity contribution in [1.29, 1.82) is 0 Å². The number of nitrogens with two attached hydrogens (primary N) is 1. The lowest BCUT2D eigenvalue weighted by molar-refractivity contribution is -0.125. The molecule has 2 amide bonds. The number of benzene rings is 2. The molecule has 0 aliphatic carbocycles. The number of primary amides is 1. The van der Waals surface area contributed by atoms with Gasteiger partial charge in [-0.15, -0.1) is 0 Å². The van der Waals surface area contributed by atoms with E-state index in [1.165, 1.54) is 29.4 Å². The van der Waals surface area contributed by atoms with E-state index in [-0.39, 0.29) is 23.9 Å². The molecule has 1 aromatic heterocycles. The Hall–Kier alpha value is -3.89. The summed E-state index contributed by atoms with van der Waals surface area (Å²) in [4.78, 5) is 26.0. The summed E-state index contributed by atoms with van der Waals surface area (Å²) < 4.78 is 38.0. The number of carbonyl (C=O) groups is 2. The van der Waals surface area contributed by atoms with Crippen LogP contribution in [0.15, 0.2) is 82.3 Å². The predicted octanol–water partition coefficient (Wildman–Crippen LogP) is 2.05. The van der Waals surface area contributed by atoms with E-state index in [9.17, 15) is 18.0 Å². The van der Waals surface area contributed by atoms with Crippen molar-refractivity contribution in [3.8, 4) is 5.75 Å². The van der Waals surface area contributed by atoms with Crippen molar-refractivity contribution in [2.45, 2.75) is 17.5 Å². The van der Waals surface area contributed by atoms with Crippen LogP contribution in [0.2, 0.25) is 0 Å². The summed E-state index contributed by atoms with van der Waals surface area (Å²) in [6, 6.07) is 16.3. The van der Waals surface area contributed by atoms with Crippen LogP contribution >= 0.6 is 0 Å². The second-order valence-corrected chi connectivity index (χ2v) is 9.00. The molecule has 1 atom stereocenters. The number of hydrogen-bond acceptors (Lipinski definition) is 6. The molecule has 3 aromatic rings. The molecule has 0 spiro atoms. The number of ether oxygens (including phenoxy) is 1. The van der Waals surface area contributed by atoms with Gasteiger partial charge in [-0.05, 0) is 48.0 Å². The highest BCUT2D eigenvalue weighted by Crippen LogP contribution is 2.33. The number of nitrogens with zero attached hydrogens (tertiary/aromatic N) is 1. The van der Waals surface area contributed by atoms with Crippen LogP contribution in [-0.2, 0) is 26.2 Å². The minimum atomic E-state index is -3.72. The van der Waals surface area contributed by atoms with Crippen LogP contribution in [-0.4, -0.2) is 32.9 Å². The third-order valence-electron chi connectivity index (χ3n) is 4.98. The third kappa shape index (κ3) is 5.13. The maximum atomic E-state index is 12.8.